The number of anilines is 1. The van der Waals surface area contributed by atoms with Crippen molar-refractivity contribution < 1.29 is 9.53 Å². The summed E-state index contributed by atoms with van der Waals surface area (Å²) in [4.78, 5) is 26.3. The zero-order valence-electron chi connectivity index (χ0n) is 16.9. The topological polar surface area (TPSA) is 88.5 Å². The van der Waals surface area contributed by atoms with Crippen LogP contribution in [0.15, 0.2) is 40.9 Å². The van der Waals surface area contributed by atoms with Gasteiger partial charge in [0, 0.05) is 26.0 Å². The average molecular weight is 414 g/mol. The molecule has 154 valence electrons. The van der Waals surface area contributed by atoms with Crippen LogP contribution in [-0.2, 0) is 4.74 Å². The molecule has 29 heavy (non-hydrogen) atoms. The van der Waals surface area contributed by atoms with E-state index in [1.54, 1.807) is 12.3 Å². The maximum absolute atomic E-state index is 12.9. The maximum atomic E-state index is 12.9. The first-order valence-electron chi connectivity index (χ1n) is 9.81. The maximum Gasteiger partial charge on any atom is 0.271 e. The van der Waals surface area contributed by atoms with Gasteiger partial charge in [0.2, 0.25) is 5.95 Å². The van der Waals surface area contributed by atoms with Gasteiger partial charge in [-0.1, -0.05) is 18.7 Å². The fourth-order valence-electron chi connectivity index (χ4n) is 3.20. The van der Waals surface area contributed by atoms with Crippen LogP contribution < -0.4 is 10.6 Å². The molecule has 0 radical (unpaired) electrons. The molecule has 1 amide bonds. The van der Waals surface area contributed by atoms with Crippen molar-refractivity contribution in [3.8, 4) is 0 Å². The van der Waals surface area contributed by atoms with Crippen LogP contribution in [0.2, 0.25) is 0 Å². The second-order valence-electron chi connectivity index (χ2n) is 6.89. The molecule has 1 saturated heterocycles. The van der Waals surface area contributed by atoms with Crippen LogP contribution in [-0.4, -0.2) is 47.9 Å². The third kappa shape index (κ3) is 5.48. The molecule has 3 rings (SSSR count). The van der Waals surface area contributed by atoms with E-state index in [4.69, 9.17) is 4.74 Å². The Morgan fingerprint density at radius 1 is 1.45 bits per heavy atom. The SMILES string of the molecule is C=C/C=N\C(=C/C)C(C)Nc1nc(C(=O)NCC2CCOCC2)c2sccc2n1. The summed E-state index contributed by atoms with van der Waals surface area (Å²) in [5.74, 6) is 0.691. The molecule has 0 bridgehead atoms. The lowest BCUT2D eigenvalue weighted by Crippen LogP contribution is -2.33. The molecule has 1 aliphatic rings. The van der Waals surface area contributed by atoms with Crippen LogP contribution in [0.25, 0.3) is 10.2 Å². The number of hydrogen-bond donors (Lipinski definition) is 2. The lowest BCUT2D eigenvalue weighted by molar-refractivity contribution is 0.0642. The monoisotopic (exact) mass is 413 g/mol. The summed E-state index contributed by atoms with van der Waals surface area (Å²) in [5, 5.41) is 8.22. The number of ether oxygens (including phenoxy) is 1. The molecule has 0 aromatic carbocycles. The molecule has 7 nitrogen and oxygen atoms in total. The van der Waals surface area contributed by atoms with Gasteiger partial charge in [0.1, 0.15) is 0 Å². The van der Waals surface area contributed by atoms with E-state index in [0.717, 1.165) is 42.0 Å². The number of aromatic nitrogens is 2. The minimum atomic E-state index is -0.169. The van der Waals surface area contributed by atoms with Crippen molar-refractivity contribution in [3.63, 3.8) is 0 Å². The number of thiophene rings is 1. The predicted octanol–water partition coefficient (Wildman–Crippen LogP) is 3.81. The number of rotatable bonds is 8. The van der Waals surface area contributed by atoms with E-state index in [-0.39, 0.29) is 11.9 Å². The second kappa shape index (κ2) is 10.3. The third-order valence-electron chi connectivity index (χ3n) is 4.82. The first kappa shape index (κ1) is 21.1. The fraction of sp³-hybridized carbons (Fsp3) is 0.429. The molecule has 3 heterocycles. The minimum Gasteiger partial charge on any atom is -0.381 e. The first-order valence-corrected chi connectivity index (χ1v) is 10.7. The van der Waals surface area contributed by atoms with Crippen molar-refractivity contribution >= 4 is 39.6 Å². The highest BCUT2D eigenvalue weighted by atomic mass is 32.1. The summed E-state index contributed by atoms with van der Waals surface area (Å²) in [7, 11) is 0. The van der Waals surface area contributed by atoms with Gasteiger partial charge in [-0.2, -0.15) is 0 Å². The molecule has 1 fully saturated rings. The van der Waals surface area contributed by atoms with E-state index >= 15 is 0 Å². The number of aliphatic imine (C=N–C) groups is 1. The minimum absolute atomic E-state index is 0.120. The number of allylic oxidation sites excluding steroid dienone is 2. The van der Waals surface area contributed by atoms with Crippen molar-refractivity contribution in [2.24, 2.45) is 10.9 Å². The highest BCUT2D eigenvalue weighted by Crippen LogP contribution is 2.24. The van der Waals surface area contributed by atoms with Gasteiger partial charge in [0.25, 0.3) is 5.91 Å². The zero-order valence-corrected chi connectivity index (χ0v) is 17.7. The molecule has 2 aromatic rings. The average Bonchev–Trinajstić information content (AvgIpc) is 3.21. The van der Waals surface area contributed by atoms with Crippen LogP contribution in [0.4, 0.5) is 5.95 Å². The number of amides is 1. The van der Waals surface area contributed by atoms with Crippen molar-refractivity contribution in [2.45, 2.75) is 32.7 Å². The molecule has 0 saturated carbocycles. The van der Waals surface area contributed by atoms with Gasteiger partial charge in [-0.25, -0.2) is 9.97 Å². The van der Waals surface area contributed by atoms with Crippen LogP contribution >= 0.6 is 11.3 Å². The summed E-state index contributed by atoms with van der Waals surface area (Å²) >= 11 is 1.47. The zero-order chi connectivity index (χ0) is 20.6. The standard InChI is InChI=1S/C21H27N5O2S/c1-4-9-22-16(5-2)14(3)24-21-25-17-8-12-29-19(17)18(26-21)20(27)23-13-15-6-10-28-11-7-15/h4-5,8-9,12,14-15H,1,6-7,10-11,13H2,2-3H3,(H,23,27)(H,24,25,26)/b16-5-,22-9-. The Hall–Kier alpha value is -2.58. The first-order chi connectivity index (χ1) is 14.1. The number of carbonyl (C=O) groups is 1. The largest absolute Gasteiger partial charge is 0.381 e. The molecule has 2 N–H and O–H groups in total. The smallest absolute Gasteiger partial charge is 0.271 e. The molecule has 1 aliphatic heterocycles. The van der Waals surface area contributed by atoms with Crippen LogP contribution in [0.1, 0.15) is 37.2 Å². The number of fused-ring (bicyclic) bond motifs is 1. The number of hydrogen-bond acceptors (Lipinski definition) is 7. The van der Waals surface area contributed by atoms with E-state index in [1.807, 2.05) is 31.4 Å². The van der Waals surface area contributed by atoms with Gasteiger partial charge in [0.05, 0.1) is 22.0 Å². The summed E-state index contributed by atoms with van der Waals surface area (Å²) in [5.41, 5.74) is 2.00. The van der Waals surface area contributed by atoms with Gasteiger partial charge in [-0.3, -0.25) is 9.79 Å². The molecule has 1 unspecified atom stereocenters. The van der Waals surface area contributed by atoms with Crippen LogP contribution in [0, 0.1) is 5.92 Å². The van der Waals surface area contributed by atoms with E-state index in [0.29, 0.717) is 24.1 Å². The van der Waals surface area contributed by atoms with Crippen LogP contribution in [0.5, 0.6) is 0 Å². The van der Waals surface area contributed by atoms with E-state index < -0.39 is 0 Å². The highest BCUT2D eigenvalue weighted by Gasteiger charge is 2.20. The van der Waals surface area contributed by atoms with Gasteiger partial charge >= 0.3 is 0 Å². The quantitative estimate of drug-likeness (QED) is 0.643. The van der Waals surface area contributed by atoms with E-state index in [2.05, 4.69) is 32.2 Å². The van der Waals surface area contributed by atoms with Crippen molar-refractivity contribution in [3.05, 3.63) is 41.6 Å². The molecule has 2 aromatic heterocycles. The van der Waals surface area contributed by atoms with Gasteiger partial charge in [-0.05, 0) is 44.1 Å². The van der Waals surface area contributed by atoms with Crippen molar-refractivity contribution in [2.75, 3.05) is 25.1 Å². The van der Waals surface area contributed by atoms with Crippen molar-refractivity contribution in [1.82, 2.24) is 15.3 Å². The number of nitrogens with zero attached hydrogens (tertiary/aromatic N) is 3. The lowest BCUT2D eigenvalue weighted by atomic mass is 10.0. The van der Waals surface area contributed by atoms with Gasteiger partial charge in [-0.15, -0.1) is 11.3 Å². The highest BCUT2D eigenvalue weighted by molar-refractivity contribution is 7.17. The molecule has 0 aliphatic carbocycles. The molecular formula is C21H27N5O2S. The Bertz CT molecular complexity index is 915. The van der Waals surface area contributed by atoms with Gasteiger partial charge in [0.15, 0.2) is 5.69 Å². The van der Waals surface area contributed by atoms with E-state index in [9.17, 15) is 4.79 Å². The Morgan fingerprint density at radius 3 is 2.97 bits per heavy atom. The third-order valence-corrected chi connectivity index (χ3v) is 5.74. The second-order valence-corrected chi connectivity index (χ2v) is 7.81. The predicted molar refractivity (Wildman–Crippen MR) is 119 cm³/mol. The Morgan fingerprint density at radius 2 is 2.24 bits per heavy atom. The molecule has 1 atom stereocenters. The van der Waals surface area contributed by atoms with Crippen LogP contribution in [0.3, 0.4) is 0 Å². The Kier molecular flexibility index (Phi) is 7.48. The summed E-state index contributed by atoms with van der Waals surface area (Å²) in [6.07, 6.45) is 7.14. The fourth-order valence-corrected chi connectivity index (χ4v) is 4.01. The molecule has 8 heteroatoms. The lowest BCUT2D eigenvalue weighted by Gasteiger charge is -2.22. The molecule has 0 spiro atoms. The van der Waals surface area contributed by atoms with E-state index in [1.165, 1.54) is 11.3 Å². The summed E-state index contributed by atoms with van der Waals surface area (Å²) < 4.78 is 6.18. The Balaban J connectivity index is 1.77. The van der Waals surface area contributed by atoms with Crippen molar-refractivity contribution in [1.29, 1.82) is 0 Å². The summed E-state index contributed by atoms with van der Waals surface area (Å²) in [6, 6.07) is 1.78. The molecular weight excluding hydrogens is 386 g/mol. The number of nitrogens with one attached hydrogen (secondary N) is 2. The normalized spacial score (nSPS) is 16.8. The summed E-state index contributed by atoms with van der Waals surface area (Å²) in [6.45, 7) is 9.70. The number of carbonyl (C=O) groups excluding carboxylic acids is 1. The Labute approximate surface area is 175 Å². The van der Waals surface area contributed by atoms with Gasteiger partial charge < -0.3 is 15.4 Å².